The summed E-state index contributed by atoms with van der Waals surface area (Å²) in [7, 11) is 0. The third kappa shape index (κ3) is 2.99. The number of anilines is 2. The third-order valence-electron chi connectivity index (χ3n) is 4.61. The zero-order valence-electron chi connectivity index (χ0n) is 14.2. The van der Waals surface area contributed by atoms with Crippen LogP contribution in [0.15, 0.2) is 23.3 Å². The molecule has 2 N–H and O–H groups in total. The fourth-order valence-corrected chi connectivity index (χ4v) is 3.39. The van der Waals surface area contributed by atoms with E-state index in [-0.39, 0.29) is 5.56 Å². The number of aromatic amines is 1. The number of nitrogens with zero attached hydrogens (tertiary/aromatic N) is 5. The Kier molecular flexibility index (Phi) is 4.17. The summed E-state index contributed by atoms with van der Waals surface area (Å²) in [4.78, 5) is 33.6. The van der Waals surface area contributed by atoms with Gasteiger partial charge in [-0.05, 0) is 25.3 Å². The second-order valence-electron chi connectivity index (χ2n) is 6.39. The van der Waals surface area contributed by atoms with Crippen molar-refractivity contribution in [1.29, 1.82) is 0 Å². The molecule has 0 radical (unpaired) electrons. The molecular weight excluding hydrogens is 318 g/mol. The van der Waals surface area contributed by atoms with Crippen LogP contribution in [0.4, 0.5) is 11.9 Å². The van der Waals surface area contributed by atoms with E-state index in [1.165, 1.54) is 12.8 Å². The highest BCUT2D eigenvalue weighted by atomic mass is 16.1. The number of aromatic nitrogens is 6. The topological polar surface area (TPSA) is 101 Å². The first kappa shape index (κ1) is 15.7. The number of nitrogens with one attached hydrogen (secondary N) is 2. The van der Waals surface area contributed by atoms with Crippen LogP contribution < -0.4 is 10.9 Å². The molecule has 1 fully saturated rings. The fraction of sp³-hybridized carbons (Fsp3) is 0.471. The zero-order chi connectivity index (χ0) is 17.2. The Morgan fingerprint density at radius 2 is 2.00 bits per heavy atom. The molecule has 0 unspecified atom stereocenters. The molecule has 8 heteroatoms. The Morgan fingerprint density at radius 1 is 1.24 bits per heavy atom. The van der Waals surface area contributed by atoms with Crippen LogP contribution in [0.25, 0.3) is 11.2 Å². The van der Waals surface area contributed by atoms with Gasteiger partial charge in [-0.15, -0.1) is 0 Å². The van der Waals surface area contributed by atoms with Gasteiger partial charge in [-0.1, -0.05) is 19.8 Å². The average molecular weight is 339 g/mol. The van der Waals surface area contributed by atoms with E-state index in [1.807, 2.05) is 6.92 Å². The Labute approximate surface area is 144 Å². The van der Waals surface area contributed by atoms with Crippen molar-refractivity contribution in [1.82, 2.24) is 29.5 Å². The molecule has 0 aliphatic heterocycles. The lowest BCUT2D eigenvalue weighted by atomic mass is 10.1. The van der Waals surface area contributed by atoms with Crippen molar-refractivity contribution in [2.75, 3.05) is 5.32 Å². The molecule has 130 valence electrons. The molecule has 3 heterocycles. The monoisotopic (exact) mass is 339 g/mol. The van der Waals surface area contributed by atoms with Crippen molar-refractivity contribution in [3.63, 3.8) is 0 Å². The van der Waals surface area contributed by atoms with Gasteiger partial charge in [0.25, 0.3) is 5.56 Å². The molecule has 3 aromatic heterocycles. The Bertz CT molecular complexity index is 925. The minimum absolute atomic E-state index is 0.109. The summed E-state index contributed by atoms with van der Waals surface area (Å²) in [6, 6.07) is 1.74. The van der Waals surface area contributed by atoms with E-state index in [0.29, 0.717) is 35.5 Å². The predicted octanol–water partition coefficient (Wildman–Crippen LogP) is 2.72. The first-order chi connectivity index (χ1) is 12.3. The summed E-state index contributed by atoms with van der Waals surface area (Å²) in [5.41, 5.74) is 0.828. The van der Waals surface area contributed by atoms with Gasteiger partial charge in [0.1, 0.15) is 5.82 Å². The zero-order valence-corrected chi connectivity index (χ0v) is 14.2. The first-order valence-corrected chi connectivity index (χ1v) is 8.80. The Balaban J connectivity index is 1.80. The summed E-state index contributed by atoms with van der Waals surface area (Å²) in [5, 5.41) is 3.04. The minimum Gasteiger partial charge on any atom is -0.336 e. The van der Waals surface area contributed by atoms with E-state index < -0.39 is 0 Å². The number of hydrogen-bond acceptors (Lipinski definition) is 6. The molecule has 1 aliphatic rings. The van der Waals surface area contributed by atoms with Crippen molar-refractivity contribution in [3.8, 4) is 0 Å². The third-order valence-corrected chi connectivity index (χ3v) is 4.61. The van der Waals surface area contributed by atoms with Gasteiger partial charge in [0.2, 0.25) is 11.9 Å². The maximum Gasteiger partial charge on any atom is 0.280 e. The number of hydrogen-bond donors (Lipinski definition) is 2. The molecule has 0 bridgehead atoms. The lowest BCUT2D eigenvalue weighted by Crippen LogP contribution is -2.24. The van der Waals surface area contributed by atoms with Gasteiger partial charge >= 0.3 is 0 Å². The van der Waals surface area contributed by atoms with Crippen LogP contribution in [-0.2, 0) is 6.54 Å². The second kappa shape index (κ2) is 6.62. The molecule has 3 aromatic rings. The van der Waals surface area contributed by atoms with Crippen LogP contribution in [0.3, 0.4) is 0 Å². The summed E-state index contributed by atoms with van der Waals surface area (Å²) >= 11 is 0. The van der Waals surface area contributed by atoms with E-state index in [4.69, 9.17) is 0 Å². The highest BCUT2D eigenvalue weighted by Gasteiger charge is 2.22. The van der Waals surface area contributed by atoms with Crippen molar-refractivity contribution < 1.29 is 0 Å². The van der Waals surface area contributed by atoms with Crippen molar-refractivity contribution in [3.05, 3.63) is 34.6 Å². The molecule has 0 aromatic carbocycles. The van der Waals surface area contributed by atoms with Gasteiger partial charge in [-0.25, -0.2) is 15.0 Å². The van der Waals surface area contributed by atoms with E-state index in [2.05, 4.69) is 30.2 Å². The molecule has 0 atom stereocenters. The quantitative estimate of drug-likeness (QED) is 0.741. The van der Waals surface area contributed by atoms with Crippen LogP contribution in [-0.4, -0.2) is 29.5 Å². The molecular formula is C17H21N7O. The lowest BCUT2D eigenvalue weighted by Gasteiger charge is -2.11. The van der Waals surface area contributed by atoms with E-state index in [1.54, 1.807) is 23.0 Å². The second-order valence-corrected chi connectivity index (χ2v) is 6.39. The lowest BCUT2D eigenvalue weighted by molar-refractivity contribution is 0.655. The average Bonchev–Trinajstić information content (AvgIpc) is 3.28. The fourth-order valence-electron chi connectivity index (χ4n) is 3.39. The summed E-state index contributed by atoms with van der Waals surface area (Å²) in [6.45, 7) is 2.59. The van der Waals surface area contributed by atoms with Crippen LogP contribution in [0, 0.1) is 0 Å². The summed E-state index contributed by atoms with van der Waals surface area (Å²) in [6.07, 6.45) is 8.77. The van der Waals surface area contributed by atoms with E-state index in [9.17, 15) is 4.79 Å². The van der Waals surface area contributed by atoms with E-state index >= 15 is 0 Å². The molecule has 1 aliphatic carbocycles. The predicted molar refractivity (Wildman–Crippen MR) is 95.0 cm³/mol. The minimum atomic E-state index is -0.109. The van der Waals surface area contributed by atoms with Crippen LogP contribution in [0.5, 0.6) is 0 Å². The van der Waals surface area contributed by atoms with Crippen LogP contribution in [0.1, 0.15) is 50.8 Å². The van der Waals surface area contributed by atoms with E-state index in [0.717, 1.165) is 25.1 Å². The summed E-state index contributed by atoms with van der Waals surface area (Å²) in [5.74, 6) is 2.12. The normalized spacial score (nSPS) is 15.1. The van der Waals surface area contributed by atoms with Crippen LogP contribution >= 0.6 is 0 Å². The Hall–Kier alpha value is -2.77. The van der Waals surface area contributed by atoms with Gasteiger partial charge in [0.15, 0.2) is 11.2 Å². The number of fused-ring (bicyclic) bond motifs is 1. The van der Waals surface area contributed by atoms with Crippen LogP contribution in [0.2, 0.25) is 0 Å². The molecule has 1 saturated carbocycles. The standard InChI is InChI=1S/C17H21N7O/c1-2-10-24-15(25)12-14(21-13(20-12)11-6-3-4-7-11)22-17(24)23-16-18-8-5-9-19-16/h5,8-9,11H,2-4,6-7,10H2,1H3,(H,20,21)(H,18,19,22,23). The highest BCUT2D eigenvalue weighted by molar-refractivity contribution is 5.71. The van der Waals surface area contributed by atoms with Gasteiger partial charge in [0.05, 0.1) is 0 Å². The molecule has 0 saturated heterocycles. The smallest absolute Gasteiger partial charge is 0.280 e. The number of imidazole rings is 1. The molecule has 8 nitrogen and oxygen atoms in total. The SMILES string of the molecule is CCCn1c(Nc2ncccn2)nc2nc(C3CCCC3)[nH]c2c1=O. The number of rotatable bonds is 5. The largest absolute Gasteiger partial charge is 0.336 e. The molecule has 25 heavy (non-hydrogen) atoms. The number of H-pyrrole nitrogens is 1. The van der Waals surface area contributed by atoms with Crippen molar-refractivity contribution >= 4 is 23.1 Å². The highest BCUT2D eigenvalue weighted by Crippen LogP contribution is 2.32. The van der Waals surface area contributed by atoms with Gasteiger partial charge in [-0.2, -0.15) is 4.98 Å². The Morgan fingerprint density at radius 3 is 2.72 bits per heavy atom. The van der Waals surface area contributed by atoms with Crippen molar-refractivity contribution in [2.45, 2.75) is 51.5 Å². The molecule has 0 amide bonds. The first-order valence-electron chi connectivity index (χ1n) is 8.80. The maximum atomic E-state index is 12.9. The molecule has 0 spiro atoms. The maximum absolute atomic E-state index is 12.9. The van der Waals surface area contributed by atoms with Gasteiger partial charge < -0.3 is 4.98 Å². The molecule has 4 rings (SSSR count). The summed E-state index contributed by atoms with van der Waals surface area (Å²) < 4.78 is 1.62. The van der Waals surface area contributed by atoms with Crippen molar-refractivity contribution in [2.24, 2.45) is 0 Å². The van der Waals surface area contributed by atoms with Gasteiger partial charge in [0, 0.05) is 24.9 Å². The van der Waals surface area contributed by atoms with Gasteiger partial charge in [-0.3, -0.25) is 14.7 Å².